The molecule has 132 valence electrons. The number of hydrogen-bond donors (Lipinski definition) is 2. The summed E-state index contributed by atoms with van der Waals surface area (Å²) in [5.41, 5.74) is 3.57. The summed E-state index contributed by atoms with van der Waals surface area (Å²) in [6.45, 7) is 5.51. The Morgan fingerprint density at radius 1 is 1.12 bits per heavy atom. The number of halogens is 1. The van der Waals surface area contributed by atoms with Gasteiger partial charge in [-0.2, -0.15) is 0 Å². The second-order valence-corrected chi connectivity index (χ2v) is 7.98. The first-order valence-electron chi connectivity index (χ1n) is 9.10. The Morgan fingerprint density at radius 3 is 2.68 bits per heavy atom. The van der Waals surface area contributed by atoms with E-state index < -0.39 is 6.10 Å². The van der Waals surface area contributed by atoms with Gasteiger partial charge < -0.3 is 10.4 Å². The van der Waals surface area contributed by atoms with E-state index in [1.54, 1.807) is 0 Å². The van der Waals surface area contributed by atoms with Crippen LogP contribution in [0.4, 0.5) is 0 Å². The van der Waals surface area contributed by atoms with Crippen molar-refractivity contribution in [3.8, 4) is 0 Å². The molecule has 2 unspecified atom stereocenters. The minimum absolute atomic E-state index is 0.476. The van der Waals surface area contributed by atoms with Crippen LogP contribution in [-0.2, 0) is 6.54 Å². The van der Waals surface area contributed by atoms with Crippen LogP contribution >= 0.6 is 11.6 Å². The molecule has 4 rings (SSSR count). The molecular formula is C21H25ClN2O. The lowest BCUT2D eigenvalue weighted by Gasteiger charge is -2.24. The maximum absolute atomic E-state index is 10.9. The third kappa shape index (κ3) is 3.61. The summed E-state index contributed by atoms with van der Waals surface area (Å²) in [6.07, 6.45) is 1.96. The van der Waals surface area contributed by atoms with E-state index in [2.05, 4.69) is 22.3 Å². The lowest BCUT2D eigenvalue weighted by molar-refractivity contribution is 0.215. The van der Waals surface area contributed by atoms with Gasteiger partial charge in [-0.05, 0) is 60.2 Å². The first kappa shape index (κ1) is 17.0. The summed E-state index contributed by atoms with van der Waals surface area (Å²) in [5, 5.41) is 15.1. The Bertz CT molecular complexity index is 725. The van der Waals surface area contributed by atoms with Crippen molar-refractivity contribution in [3.05, 3.63) is 70.2 Å². The van der Waals surface area contributed by atoms with Gasteiger partial charge in [0.15, 0.2) is 0 Å². The molecule has 2 aliphatic rings. The number of aliphatic hydroxyl groups excluding tert-OH is 1. The molecule has 0 bridgehead atoms. The van der Waals surface area contributed by atoms with E-state index >= 15 is 0 Å². The Hall–Kier alpha value is -1.39. The quantitative estimate of drug-likeness (QED) is 0.878. The maximum Gasteiger partial charge on any atom is 0.104 e. The lowest BCUT2D eigenvalue weighted by Crippen LogP contribution is -2.29. The van der Waals surface area contributed by atoms with Gasteiger partial charge in [0.05, 0.1) is 0 Å². The van der Waals surface area contributed by atoms with Gasteiger partial charge in [0, 0.05) is 24.7 Å². The van der Waals surface area contributed by atoms with Crippen LogP contribution in [-0.4, -0.2) is 36.2 Å². The minimum Gasteiger partial charge on any atom is -0.384 e. The molecular weight excluding hydrogens is 332 g/mol. The number of benzene rings is 2. The molecule has 2 N–H and O–H groups in total. The normalized spacial score (nSPS) is 24.9. The fraction of sp³-hybridized carbons (Fsp3) is 0.429. The molecule has 3 nitrogen and oxygen atoms in total. The molecule has 2 aromatic rings. The van der Waals surface area contributed by atoms with Gasteiger partial charge >= 0.3 is 0 Å². The molecule has 2 aliphatic heterocycles. The number of rotatable bonds is 4. The zero-order valence-corrected chi connectivity index (χ0v) is 15.2. The van der Waals surface area contributed by atoms with E-state index in [9.17, 15) is 5.11 Å². The predicted octanol–water partition coefficient (Wildman–Crippen LogP) is 3.61. The molecule has 2 aromatic carbocycles. The lowest BCUT2D eigenvalue weighted by atomic mass is 9.86. The molecule has 4 heteroatoms. The van der Waals surface area contributed by atoms with E-state index in [4.69, 9.17) is 11.6 Å². The van der Waals surface area contributed by atoms with Gasteiger partial charge in [0.1, 0.15) is 6.10 Å². The van der Waals surface area contributed by atoms with Gasteiger partial charge in [-0.25, -0.2) is 0 Å². The van der Waals surface area contributed by atoms with Crippen molar-refractivity contribution in [2.24, 2.45) is 5.41 Å². The molecule has 1 spiro atoms. The average molecular weight is 357 g/mol. The predicted molar refractivity (Wildman–Crippen MR) is 102 cm³/mol. The monoisotopic (exact) mass is 356 g/mol. The van der Waals surface area contributed by atoms with Gasteiger partial charge in [-0.3, -0.25) is 4.90 Å². The van der Waals surface area contributed by atoms with Crippen LogP contribution in [0.5, 0.6) is 0 Å². The molecule has 0 aromatic heterocycles. The Labute approximate surface area is 154 Å². The number of nitrogens with one attached hydrogen (secondary N) is 1. The Morgan fingerprint density at radius 2 is 1.92 bits per heavy atom. The first-order chi connectivity index (χ1) is 12.2. The molecule has 2 fully saturated rings. The molecule has 2 atom stereocenters. The van der Waals surface area contributed by atoms with Crippen LogP contribution in [0.3, 0.4) is 0 Å². The zero-order chi connectivity index (χ0) is 17.3. The molecule has 0 aliphatic carbocycles. The van der Waals surface area contributed by atoms with Crippen LogP contribution in [0.25, 0.3) is 0 Å². The first-order valence-corrected chi connectivity index (χ1v) is 9.47. The number of aliphatic hydroxyl groups is 1. The molecule has 0 radical (unpaired) electrons. The molecule has 2 saturated heterocycles. The van der Waals surface area contributed by atoms with Crippen molar-refractivity contribution in [2.75, 3.05) is 26.2 Å². The summed E-state index contributed by atoms with van der Waals surface area (Å²) in [6, 6.07) is 15.7. The van der Waals surface area contributed by atoms with Crippen molar-refractivity contribution in [3.63, 3.8) is 0 Å². The number of hydrogen-bond acceptors (Lipinski definition) is 3. The summed E-state index contributed by atoms with van der Waals surface area (Å²) in [5.74, 6) is 0. The molecule has 0 amide bonds. The summed E-state index contributed by atoms with van der Waals surface area (Å²) in [7, 11) is 0. The fourth-order valence-corrected chi connectivity index (χ4v) is 4.44. The van der Waals surface area contributed by atoms with E-state index in [1.165, 1.54) is 18.4 Å². The number of likely N-dealkylation sites (tertiary alicyclic amines) is 1. The molecule has 0 saturated carbocycles. The molecule has 2 heterocycles. The Kier molecular flexibility index (Phi) is 4.83. The van der Waals surface area contributed by atoms with Crippen LogP contribution in [0.1, 0.15) is 35.6 Å². The van der Waals surface area contributed by atoms with E-state index in [0.29, 0.717) is 10.4 Å². The van der Waals surface area contributed by atoms with Crippen molar-refractivity contribution in [2.45, 2.75) is 25.5 Å². The highest BCUT2D eigenvalue weighted by Gasteiger charge is 2.40. The van der Waals surface area contributed by atoms with E-state index in [0.717, 1.165) is 43.9 Å². The van der Waals surface area contributed by atoms with Crippen LogP contribution in [0.15, 0.2) is 48.5 Å². The number of nitrogens with zero attached hydrogens (tertiary/aromatic N) is 1. The average Bonchev–Trinajstić information content (AvgIpc) is 3.25. The molecule has 25 heavy (non-hydrogen) atoms. The fourth-order valence-electron chi connectivity index (χ4n) is 4.32. The van der Waals surface area contributed by atoms with E-state index in [1.807, 2.05) is 36.4 Å². The van der Waals surface area contributed by atoms with Crippen molar-refractivity contribution in [1.82, 2.24) is 10.2 Å². The van der Waals surface area contributed by atoms with Crippen LogP contribution in [0.2, 0.25) is 5.02 Å². The zero-order valence-electron chi connectivity index (χ0n) is 14.4. The summed E-state index contributed by atoms with van der Waals surface area (Å²) >= 11 is 5.97. The third-order valence-corrected chi connectivity index (χ3v) is 6.03. The highest BCUT2D eigenvalue weighted by molar-refractivity contribution is 6.30. The Balaban J connectivity index is 1.52. The topological polar surface area (TPSA) is 35.5 Å². The van der Waals surface area contributed by atoms with Crippen molar-refractivity contribution in [1.29, 1.82) is 0 Å². The largest absolute Gasteiger partial charge is 0.384 e. The van der Waals surface area contributed by atoms with Gasteiger partial charge in [-0.1, -0.05) is 48.0 Å². The summed E-state index contributed by atoms with van der Waals surface area (Å²) in [4.78, 5) is 2.54. The van der Waals surface area contributed by atoms with Crippen molar-refractivity contribution >= 4 is 11.6 Å². The van der Waals surface area contributed by atoms with Gasteiger partial charge in [-0.15, -0.1) is 0 Å². The van der Waals surface area contributed by atoms with E-state index in [-0.39, 0.29) is 0 Å². The standard InChI is InChI=1S/C21H25ClN2O/c22-18-7-5-16(6-8-18)20(25)19-4-2-1-3-17(19)13-24-12-10-21(15-24)9-11-23-14-21/h1-8,20,23,25H,9-15H2. The van der Waals surface area contributed by atoms with Gasteiger partial charge in [0.2, 0.25) is 0 Å². The van der Waals surface area contributed by atoms with Gasteiger partial charge in [0.25, 0.3) is 0 Å². The van der Waals surface area contributed by atoms with Crippen LogP contribution < -0.4 is 5.32 Å². The second-order valence-electron chi connectivity index (χ2n) is 7.54. The third-order valence-electron chi connectivity index (χ3n) is 5.78. The minimum atomic E-state index is -0.613. The smallest absolute Gasteiger partial charge is 0.104 e. The highest BCUT2D eigenvalue weighted by atomic mass is 35.5. The summed E-state index contributed by atoms with van der Waals surface area (Å²) < 4.78 is 0. The highest BCUT2D eigenvalue weighted by Crippen LogP contribution is 2.37. The maximum atomic E-state index is 10.9. The van der Waals surface area contributed by atoms with Crippen LogP contribution in [0, 0.1) is 5.41 Å². The second kappa shape index (κ2) is 7.08. The SMILES string of the molecule is OC(c1ccc(Cl)cc1)c1ccccc1CN1CCC2(CCNC2)C1. The van der Waals surface area contributed by atoms with Crippen molar-refractivity contribution < 1.29 is 5.11 Å².